The highest BCUT2D eigenvalue weighted by Crippen LogP contribution is 2.39. The van der Waals surface area contributed by atoms with Gasteiger partial charge >= 0.3 is 12.1 Å². The zero-order chi connectivity index (χ0) is 20.3. The second-order valence-electron chi connectivity index (χ2n) is 7.29. The third-order valence-corrected chi connectivity index (χ3v) is 5.47. The summed E-state index contributed by atoms with van der Waals surface area (Å²) in [6.45, 7) is -0.104. The molecule has 0 radical (unpaired) electrons. The van der Waals surface area contributed by atoms with Crippen LogP contribution in [0.25, 0.3) is 0 Å². The quantitative estimate of drug-likeness (QED) is 0.660. The van der Waals surface area contributed by atoms with Crippen molar-refractivity contribution >= 4 is 29.6 Å². The molecule has 0 unspecified atom stereocenters. The molecule has 1 heterocycles. The molecule has 6 amide bonds. The first-order valence-corrected chi connectivity index (χ1v) is 9.35. The van der Waals surface area contributed by atoms with Crippen molar-refractivity contribution < 1.29 is 19.2 Å². The summed E-state index contributed by atoms with van der Waals surface area (Å²) in [6, 6.07) is 5.77. The summed E-state index contributed by atoms with van der Waals surface area (Å²) in [5.74, 6) is -0.696. The van der Waals surface area contributed by atoms with Crippen LogP contribution in [0.2, 0.25) is 0 Å². The second kappa shape index (κ2) is 7.87. The Kier molecular flexibility index (Phi) is 5.53. The number of likely N-dealkylation sites (N-methyl/N-ethyl adjacent to an activating group) is 1. The number of anilines is 1. The Labute approximate surface area is 163 Å². The van der Waals surface area contributed by atoms with Gasteiger partial charge in [-0.15, -0.1) is 0 Å². The first-order valence-electron chi connectivity index (χ1n) is 9.35. The van der Waals surface area contributed by atoms with Crippen molar-refractivity contribution in [2.75, 3.05) is 18.9 Å². The number of benzene rings is 1. The van der Waals surface area contributed by atoms with E-state index >= 15 is 0 Å². The standard InChI is InChI=1S/C19H25N5O4/c1-23-18(28)24(16(26)19(23)8-3-2-4-9-19)12-15(25)21-11-13-6-5-7-14(10-13)22-17(20)27/h5-7,10H,2-4,8-9,11-12H2,1H3,(H,21,25)(H3,20,22,27). The van der Waals surface area contributed by atoms with Gasteiger partial charge in [-0.25, -0.2) is 9.59 Å². The minimum absolute atomic E-state index is 0.199. The molecule has 1 spiro atoms. The van der Waals surface area contributed by atoms with Crippen molar-refractivity contribution in [3.63, 3.8) is 0 Å². The molecule has 1 aromatic carbocycles. The van der Waals surface area contributed by atoms with Crippen LogP contribution in [0, 0.1) is 0 Å². The van der Waals surface area contributed by atoms with Crippen LogP contribution in [-0.4, -0.2) is 52.8 Å². The maximum atomic E-state index is 12.9. The molecule has 1 saturated carbocycles. The van der Waals surface area contributed by atoms with Gasteiger partial charge in [0, 0.05) is 19.3 Å². The molecule has 9 nitrogen and oxygen atoms in total. The smallest absolute Gasteiger partial charge is 0.327 e. The topological polar surface area (TPSA) is 125 Å². The number of amides is 6. The minimum atomic E-state index is -0.787. The average Bonchev–Trinajstić information content (AvgIpc) is 2.83. The van der Waals surface area contributed by atoms with Crippen molar-refractivity contribution in [1.29, 1.82) is 0 Å². The number of nitrogens with two attached hydrogens (primary N) is 1. The summed E-state index contributed by atoms with van der Waals surface area (Å²) in [4.78, 5) is 51.2. The number of urea groups is 2. The lowest BCUT2D eigenvalue weighted by molar-refractivity contribution is -0.137. The predicted octanol–water partition coefficient (Wildman–Crippen LogP) is 1.39. The fourth-order valence-corrected chi connectivity index (χ4v) is 3.97. The highest BCUT2D eigenvalue weighted by Gasteiger charge is 2.55. The fourth-order valence-electron chi connectivity index (χ4n) is 3.97. The number of carbonyl (C=O) groups excluding carboxylic acids is 4. The van der Waals surface area contributed by atoms with E-state index in [2.05, 4.69) is 10.6 Å². The Bertz CT molecular complexity index is 803. The number of hydrogen-bond donors (Lipinski definition) is 3. The molecule has 150 valence electrons. The van der Waals surface area contributed by atoms with Gasteiger partial charge in [-0.1, -0.05) is 31.4 Å². The van der Waals surface area contributed by atoms with Crippen molar-refractivity contribution in [2.24, 2.45) is 5.73 Å². The monoisotopic (exact) mass is 387 g/mol. The summed E-state index contributed by atoms with van der Waals surface area (Å²) < 4.78 is 0. The van der Waals surface area contributed by atoms with Crippen molar-refractivity contribution in [1.82, 2.24) is 15.1 Å². The number of nitrogens with one attached hydrogen (secondary N) is 2. The SMILES string of the molecule is CN1C(=O)N(CC(=O)NCc2cccc(NC(N)=O)c2)C(=O)C12CCCCC2. The van der Waals surface area contributed by atoms with Crippen LogP contribution in [0.3, 0.4) is 0 Å². The first-order chi connectivity index (χ1) is 13.3. The zero-order valence-electron chi connectivity index (χ0n) is 15.9. The highest BCUT2D eigenvalue weighted by atomic mass is 16.2. The predicted molar refractivity (Wildman–Crippen MR) is 102 cm³/mol. The maximum Gasteiger partial charge on any atom is 0.327 e. The van der Waals surface area contributed by atoms with Gasteiger partial charge in [-0.2, -0.15) is 0 Å². The van der Waals surface area contributed by atoms with Crippen LogP contribution in [-0.2, 0) is 16.1 Å². The Hall–Kier alpha value is -3.10. The number of hydrogen-bond acceptors (Lipinski definition) is 4. The lowest BCUT2D eigenvalue weighted by atomic mass is 9.81. The number of carbonyl (C=O) groups is 4. The van der Waals surface area contributed by atoms with Gasteiger partial charge in [0.15, 0.2) is 0 Å². The zero-order valence-corrected chi connectivity index (χ0v) is 15.9. The second-order valence-corrected chi connectivity index (χ2v) is 7.29. The first kappa shape index (κ1) is 19.7. The molecule has 1 aliphatic heterocycles. The maximum absolute atomic E-state index is 12.9. The van der Waals surface area contributed by atoms with Gasteiger partial charge in [0.05, 0.1) is 0 Å². The normalized spacial score (nSPS) is 18.5. The lowest BCUT2D eigenvalue weighted by Gasteiger charge is -2.35. The molecule has 2 aliphatic rings. The van der Waals surface area contributed by atoms with Gasteiger partial charge in [-0.05, 0) is 30.5 Å². The molecule has 1 aliphatic carbocycles. The minimum Gasteiger partial charge on any atom is -0.351 e. The van der Waals surface area contributed by atoms with Crippen molar-refractivity contribution in [3.05, 3.63) is 29.8 Å². The largest absolute Gasteiger partial charge is 0.351 e. The summed E-state index contributed by atoms with van der Waals surface area (Å²) in [5, 5.41) is 5.17. The molecule has 1 saturated heterocycles. The molecule has 0 atom stereocenters. The van der Waals surface area contributed by atoms with Gasteiger partial charge in [0.25, 0.3) is 5.91 Å². The van der Waals surface area contributed by atoms with E-state index in [0.717, 1.165) is 29.7 Å². The van der Waals surface area contributed by atoms with Crippen molar-refractivity contribution in [3.8, 4) is 0 Å². The van der Waals surface area contributed by atoms with E-state index in [-0.39, 0.29) is 19.0 Å². The van der Waals surface area contributed by atoms with E-state index in [0.29, 0.717) is 18.5 Å². The third kappa shape index (κ3) is 3.78. The molecular weight excluding hydrogens is 362 g/mol. The lowest BCUT2D eigenvalue weighted by Crippen LogP contribution is -2.49. The Balaban J connectivity index is 1.60. The molecule has 2 fully saturated rings. The Morgan fingerprint density at radius 1 is 1.18 bits per heavy atom. The van der Waals surface area contributed by atoms with Crippen LogP contribution >= 0.6 is 0 Å². The average molecular weight is 387 g/mol. The molecular formula is C19H25N5O4. The van der Waals surface area contributed by atoms with E-state index in [4.69, 9.17) is 5.73 Å². The van der Waals surface area contributed by atoms with Gasteiger partial charge in [0.1, 0.15) is 12.1 Å². The number of primary amides is 1. The van der Waals surface area contributed by atoms with E-state index in [9.17, 15) is 19.2 Å². The summed E-state index contributed by atoms with van der Waals surface area (Å²) in [7, 11) is 1.64. The summed E-state index contributed by atoms with van der Waals surface area (Å²) in [5.41, 5.74) is 5.57. The number of imide groups is 1. The van der Waals surface area contributed by atoms with Crippen LogP contribution in [0.15, 0.2) is 24.3 Å². The number of nitrogens with zero attached hydrogens (tertiary/aromatic N) is 2. The fraction of sp³-hybridized carbons (Fsp3) is 0.474. The van der Waals surface area contributed by atoms with E-state index in [1.807, 2.05) is 0 Å². The molecule has 9 heteroatoms. The molecule has 0 aromatic heterocycles. The van der Waals surface area contributed by atoms with Crippen LogP contribution in [0.4, 0.5) is 15.3 Å². The Morgan fingerprint density at radius 3 is 2.57 bits per heavy atom. The highest BCUT2D eigenvalue weighted by molar-refractivity contribution is 6.08. The molecule has 28 heavy (non-hydrogen) atoms. The molecule has 3 rings (SSSR count). The van der Waals surface area contributed by atoms with Gasteiger partial charge < -0.3 is 21.3 Å². The van der Waals surface area contributed by atoms with Crippen molar-refractivity contribution in [2.45, 2.75) is 44.2 Å². The molecule has 4 N–H and O–H groups in total. The van der Waals surface area contributed by atoms with E-state index < -0.39 is 23.5 Å². The van der Waals surface area contributed by atoms with Gasteiger partial charge in [0.2, 0.25) is 5.91 Å². The van der Waals surface area contributed by atoms with Crippen LogP contribution in [0.5, 0.6) is 0 Å². The van der Waals surface area contributed by atoms with Gasteiger partial charge in [-0.3, -0.25) is 14.5 Å². The summed E-state index contributed by atoms with van der Waals surface area (Å²) in [6.07, 6.45) is 4.15. The molecule has 0 bridgehead atoms. The van der Waals surface area contributed by atoms with E-state index in [1.54, 1.807) is 31.3 Å². The van der Waals surface area contributed by atoms with E-state index in [1.165, 1.54) is 4.90 Å². The van der Waals surface area contributed by atoms with Crippen LogP contribution in [0.1, 0.15) is 37.7 Å². The van der Waals surface area contributed by atoms with Crippen LogP contribution < -0.4 is 16.4 Å². The Morgan fingerprint density at radius 2 is 1.89 bits per heavy atom. The molecule has 1 aromatic rings. The third-order valence-electron chi connectivity index (χ3n) is 5.47. The number of rotatable bonds is 5. The summed E-state index contributed by atoms with van der Waals surface area (Å²) >= 11 is 0.